The number of hydrogen-bond acceptors (Lipinski definition) is 5. The molecule has 30 heavy (non-hydrogen) atoms. The molecule has 0 bridgehead atoms. The van der Waals surface area contributed by atoms with Crippen molar-refractivity contribution in [3.63, 3.8) is 0 Å². The van der Waals surface area contributed by atoms with Crippen LogP contribution < -0.4 is 4.90 Å². The van der Waals surface area contributed by atoms with Crippen molar-refractivity contribution < 1.29 is 4.79 Å². The summed E-state index contributed by atoms with van der Waals surface area (Å²) in [7, 11) is 1.84. The molecule has 3 aromatic heterocycles. The second kappa shape index (κ2) is 7.73. The maximum atomic E-state index is 13.9. The number of hydrogen-bond donors (Lipinski definition) is 0. The van der Waals surface area contributed by atoms with E-state index in [-0.39, 0.29) is 11.9 Å². The van der Waals surface area contributed by atoms with Crippen LogP contribution in [0.5, 0.6) is 0 Å². The Labute approximate surface area is 179 Å². The lowest BCUT2D eigenvalue weighted by atomic mass is 10.1. The van der Waals surface area contributed by atoms with Crippen molar-refractivity contribution in [2.24, 2.45) is 7.05 Å². The smallest absolute Gasteiger partial charge is 0.259 e. The molecular weight excluding hydrogens is 394 g/mol. The molecule has 1 amide bonds. The number of benzene rings is 1. The molecule has 6 nitrogen and oxygen atoms in total. The minimum atomic E-state index is -0.138. The molecule has 0 spiro atoms. The highest BCUT2D eigenvalue weighted by atomic mass is 32.1. The lowest BCUT2D eigenvalue weighted by Gasteiger charge is -2.27. The Morgan fingerprint density at radius 1 is 1.23 bits per heavy atom. The van der Waals surface area contributed by atoms with E-state index in [4.69, 9.17) is 4.98 Å². The van der Waals surface area contributed by atoms with E-state index < -0.39 is 0 Å². The summed E-state index contributed by atoms with van der Waals surface area (Å²) in [6.07, 6.45) is 0. The molecule has 0 radical (unpaired) electrons. The highest BCUT2D eigenvalue weighted by Gasteiger charge is 2.26. The highest BCUT2D eigenvalue weighted by Crippen LogP contribution is 2.31. The number of aromatic nitrogens is 3. The summed E-state index contributed by atoms with van der Waals surface area (Å²) in [5.74, 6) is -0.138. The molecule has 0 aliphatic rings. The van der Waals surface area contributed by atoms with Crippen molar-refractivity contribution in [2.45, 2.75) is 26.8 Å². The SMILES string of the molecule is Cc1nn(C)c2nc(-c3cccs3)cc(C(=O)N(c3cccc(C#N)c3)C(C)C)c12. The van der Waals surface area contributed by atoms with E-state index in [1.807, 2.05) is 57.5 Å². The average molecular weight is 416 g/mol. The van der Waals surface area contributed by atoms with E-state index in [0.717, 1.165) is 21.7 Å². The third kappa shape index (κ3) is 3.36. The molecule has 0 unspecified atom stereocenters. The van der Waals surface area contributed by atoms with Gasteiger partial charge in [0.05, 0.1) is 38.8 Å². The van der Waals surface area contributed by atoms with Crippen molar-refractivity contribution >= 4 is 34.0 Å². The Kier molecular flexibility index (Phi) is 5.10. The molecule has 0 aliphatic carbocycles. The fourth-order valence-electron chi connectivity index (χ4n) is 3.67. The summed E-state index contributed by atoms with van der Waals surface area (Å²) in [6.45, 7) is 5.82. The zero-order chi connectivity index (χ0) is 21.4. The van der Waals surface area contributed by atoms with Crippen LogP contribution >= 0.6 is 11.3 Å². The lowest BCUT2D eigenvalue weighted by Crippen LogP contribution is -2.37. The van der Waals surface area contributed by atoms with E-state index in [1.54, 1.807) is 39.1 Å². The Morgan fingerprint density at radius 3 is 2.70 bits per heavy atom. The van der Waals surface area contributed by atoms with Crippen LogP contribution in [-0.2, 0) is 7.05 Å². The van der Waals surface area contributed by atoms with Crippen LogP contribution in [0, 0.1) is 18.3 Å². The van der Waals surface area contributed by atoms with Gasteiger partial charge in [0.2, 0.25) is 0 Å². The second-order valence-electron chi connectivity index (χ2n) is 7.37. The van der Waals surface area contributed by atoms with Crippen LogP contribution in [-0.4, -0.2) is 26.7 Å². The molecule has 3 heterocycles. The maximum absolute atomic E-state index is 13.9. The van der Waals surface area contributed by atoms with Crippen molar-refractivity contribution in [1.29, 1.82) is 5.26 Å². The fraction of sp³-hybridized carbons (Fsp3) is 0.217. The van der Waals surface area contributed by atoms with E-state index in [1.165, 1.54) is 0 Å². The second-order valence-corrected chi connectivity index (χ2v) is 8.32. The molecule has 4 aromatic rings. The van der Waals surface area contributed by atoms with Gasteiger partial charge in [-0.25, -0.2) is 4.98 Å². The topological polar surface area (TPSA) is 74.8 Å². The summed E-state index contributed by atoms with van der Waals surface area (Å²) in [5.41, 5.74) is 3.95. The van der Waals surface area contributed by atoms with Gasteiger partial charge in [0.15, 0.2) is 5.65 Å². The molecule has 150 valence electrons. The molecule has 4 rings (SSSR count). The van der Waals surface area contributed by atoms with Gasteiger partial charge in [0.25, 0.3) is 5.91 Å². The number of nitrogens with zero attached hydrogens (tertiary/aromatic N) is 5. The standard InChI is InChI=1S/C23H21N5OS/c1-14(2)28(17-8-5-7-16(11-17)13-24)23(29)18-12-19(20-9-6-10-30-20)25-22-21(18)15(3)26-27(22)4/h5-12,14H,1-4H3. The van der Waals surface area contributed by atoms with Gasteiger partial charge in [-0.1, -0.05) is 12.1 Å². The van der Waals surface area contributed by atoms with Gasteiger partial charge in [-0.3, -0.25) is 9.48 Å². The van der Waals surface area contributed by atoms with Crippen LogP contribution in [0.4, 0.5) is 5.69 Å². The van der Waals surface area contributed by atoms with Gasteiger partial charge in [-0.2, -0.15) is 10.4 Å². The summed E-state index contributed by atoms with van der Waals surface area (Å²) in [5, 5.41) is 16.5. The normalized spacial score (nSPS) is 11.1. The zero-order valence-electron chi connectivity index (χ0n) is 17.2. The Balaban J connectivity index is 1.94. The molecule has 0 aliphatic heterocycles. The number of thiophene rings is 1. The van der Waals surface area contributed by atoms with E-state index in [9.17, 15) is 10.1 Å². The van der Waals surface area contributed by atoms with Gasteiger partial charge in [0, 0.05) is 18.8 Å². The van der Waals surface area contributed by atoms with Crippen LogP contribution in [0.1, 0.15) is 35.5 Å². The molecule has 1 aromatic carbocycles. The van der Waals surface area contributed by atoms with Crippen LogP contribution in [0.2, 0.25) is 0 Å². The third-order valence-corrected chi connectivity index (χ3v) is 5.85. The molecule has 0 fully saturated rings. The van der Waals surface area contributed by atoms with E-state index >= 15 is 0 Å². The number of pyridine rings is 1. The molecule has 0 atom stereocenters. The van der Waals surface area contributed by atoms with E-state index in [0.29, 0.717) is 22.5 Å². The average Bonchev–Trinajstić information content (AvgIpc) is 3.36. The van der Waals surface area contributed by atoms with Crippen molar-refractivity contribution in [2.75, 3.05) is 4.90 Å². The first-order valence-corrected chi connectivity index (χ1v) is 10.5. The minimum Gasteiger partial charge on any atom is -0.306 e. The molecule has 0 saturated heterocycles. The number of fused-ring (bicyclic) bond motifs is 1. The predicted molar refractivity (Wildman–Crippen MR) is 120 cm³/mol. The van der Waals surface area contributed by atoms with Crippen molar-refractivity contribution in [3.8, 4) is 16.6 Å². The van der Waals surface area contributed by atoms with Gasteiger partial charge >= 0.3 is 0 Å². The third-order valence-electron chi connectivity index (χ3n) is 4.96. The minimum absolute atomic E-state index is 0.100. The molecule has 7 heteroatoms. The number of nitriles is 1. The lowest BCUT2D eigenvalue weighted by molar-refractivity contribution is 0.0982. The monoisotopic (exact) mass is 415 g/mol. The molecule has 0 saturated carbocycles. The van der Waals surface area contributed by atoms with E-state index in [2.05, 4.69) is 11.2 Å². The summed E-state index contributed by atoms with van der Waals surface area (Å²) >= 11 is 1.58. The number of anilines is 1. The fourth-order valence-corrected chi connectivity index (χ4v) is 4.36. The number of aryl methyl sites for hydroxylation is 2. The number of amides is 1. The quantitative estimate of drug-likeness (QED) is 0.473. The number of rotatable bonds is 4. The molecular formula is C23H21N5OS. The van der Waals surface area contributed by atoms with Gasteiger partial charge in [-0.05, 0) is 56.5 Å². The molecule has 0 N–H and O–H groups in total. The van der Waals surface area contributed by atoms with Crippen LogP contribution in [0.15, 0.2) is 47.8 Å². The first-order valence-electron chi connectivity index (χ1n) is 9.62. The Bertz CT molecular complexity index is 1280. The van der Waals surface area contributed by atoms with Gasteiger partial charge < -0.3 is 4.90 Å². The van der Waals surface area contributed by atoms with Crippen molar-refractivity contribution in [3.05, 3.63) is 64.7 Å². The van der Waals surface area contributed by atoms with Gasteiger partial charge in [0.1, 0.15) is 0 Å². The van der Waals surface area contributed by atoms with Crippen LogP contribution in [0.25, 0.3) is 21.6 Å². The number of carbonyl (C=O) groups excluding carboxylic acids is 1. The highest BCUT2D eigenvalue weighted by molar-refractivity contribution is 7.13. The van der Waals surface area contributed by atoms with Crippen molar-refractivity contribution in [1.82, 2.24) is 14.8 Å². The summed E-state index contributed by atoms with van der Waals surface area (Å²) in [4.78, 5) is 21.4. The predicted octanol–water partition coefficient (Wildman–Crippen LogP) is 4.93. The van der Waals surface area contributed by atoms with Gasteiger partial charge in [-0.15, -0.1) is 11.3 Å². The number of carbonyl (C=O) groups is 1. The van der Waals surface area contributed by atoms with Crippen LogP contribution in [0.3, 0.4) is 0 Å². The first kappa shape index (κ1) is 19.8. The zero-order valence-corrected chi connectivity index (χ0v) is 18.1. The maximum Gasteiger partial charge on any atom is 0.259 e. The largest absolute Gasteiger partial charge is 0.306 e. The first-order chi connectivity index (χ1) is 14.4. The Morgan fingerprint density at radius 2 is 2.03 bits per heavy atom. The summed E-state index contributed by atoms with van der Waals surface area (Å²) in [6, 6.07) is 15.0. The Hall–Kier alpha value is -3.50. The summed E-state index contributed by atoms with van der Waals surface area (Å²) < 4.78 is 1.72.